The summed E-state index contributed by atoms with van der Waals surface area (Å²) in [5.74, 6) is 1.19. The van der Waals surface area contributed by atoms with E-state index in [9.17, 15) is 0 Å². The molecule has 1 atom stereocenters. The number of imidazole rings is 1. The zero-order valence-corrected chi connectivity index (χ0v) is 12.6. The van der Waals surface area contributed by atoms with E-state index in [2.05, 4.69) is 56.7 Å². The van der Waals surface area contributed by atoms with Crippen molar-refractivity contribution in [1.29, 1.82) is 0 Å². The van der Waals surface area contributed by atoms with Gasteiger partial charge in [-0.15, -0.1) is 23.1 Å². The van der Waals surface area contributed by atoms with Crippen molar-refractivity contribution in [3.05, 3.63) is 53.3 Å². The van der Waals surface area contributed by atoms with Crippen molar-refractivity contribution in [3.63, 3.8) is 0 Å². The molecule has 2 aromatic heterocycles. The van der Waals surface area contributed by atoms with Gasteiger partial charge in [-0.05, 0) is 23.8 Å². The van der Waals surface area contributed by atoms with Crippen LogP contribution in [0.4, 0.5) is 0 Å². The Bertz CT molecular complexity index is 703. The van der Waals surface area contributed by atoms with Crippen molar-refractivity contribution < 1.29 is 0 Å². The minimum atomic E-state index is 0.451. The molecule has 102 valence electrons. The lowest BCUT2D eigenvalue weighted by Gasteiger charge is -2.25. The quantitative estimate of drug-likeness (QED) is 0.799. The van der Waals surface area contributed by atoms with E-state index in [0.717, 1.165) is 17.2 Å². The minimum Gasteiger partial charge on any atom is -0.304 e. The second-order valence-corrected chi connectivity index (χ2v) is 6.94. The molecule has 20 heavy (non-hydrogen) atoms. The fraction of sp³-hybridized carbons (Fsp3) is 0.267. The second-order valence-electron chi connectivity index (χ2n) is 4.93. The lowest BCUT2D eigenvalue weighted by Crippen LogP contribution is -2.24. The fourth-order valence-corrected chi connectivity index (χ4v) is 4.49. The van der Waals surface area contributed by atoms with E-state index in [1.807, 2.05) is 11.8 Å². The van der Waals surface area contributed by atoms with E-state index >= 15 is 0 Å². The van der Waals surface area contributed by atoms with Crippen LogP contribution >= 0.6 is 23.1 Å². The first-order valence-electron chi connectivity index (χ1n) is 6.76. The molecule has 1 aliphatic rings. The Kier molecular flexibility index (Phi) is 3.26. The Morgan fingerprint density at radius 2 is 2.30 bits per heavy atom. The maximum Gasteiger partial charge on any atom is 0.193 e. The smallest absolute Gasteiger partial charge is 0.193 e. The van der Waals surface area contributed by atoms with Crippen LogP contribution in [0.25, 0.3) is 4.96 Å². The maximum absolute atomic E-state index is 4.63. The molecule has 0 amide bonds. The van der Waals surface area contributed by atoms with Crippen LogP contribution in [0.15, 0.2) is 46.9 Å². The van der Waals surface area contributed by atoms with Crippen molar-refractivity contribution in [1.82, 2.24) is 14.7 Å². The van der Waals surface area contributed by atoms with Crippen LogP contribution in [-0.4, -0.2) is 15.1 Å². The summed E-state index contributed by atoms with van der Waals surface area (Å²) in [6, 6.07) is 9.17. The normalized spacial score (nSPS) is 18.3. The molecule has 3 heterocycles. The van der Waals surface area contributed by atoms with Crippen LogP contribution in [0.3, 0.4) is 0 Å². The third kappa shape index (κ3) is 2.26. The minimum absolute atomic E-state index is 0.451. The van der Waals surface area contributed by atoms with Gasteiger partial charge in [0.2, 0.25) is 0 Å². The van der Waals surface area contributed by atoms with Crippen molar-refractivity contribution in [2.24, 2.45) is 0 Å². The highest BCUT2D eigenvalue weighted by molar-refractivity contribution is 7.99. The van der Waals surface area contributed by atoms with Crippen LogP contribution in [-0.2, 0) is 6.54 Å². The van der Waals surface area contributed by atoms with Gasteiger partial charge in [0, 0.05) is 35.3 Å². The van der Waals surface area contributed by atoms with Crippen LogP contribution in [0, 0.1) is 0 Å². The van der Waals surface area contributed by atoms with Crippen LogP contribution in [0.5, 0.6) is 0 Å². The summed E-state index contributed by atoms with van der Waals surface area (Å²) in [6.07, 6.45) is 5.36. The first-order chi connectivity index (χ1) is 9.90. The summed E-state index contributed by atoms with van der Waals surface area (Å²) in [5, 5.41) is 5.72. The lowest BCUT2D eigenvalue weighted by atomic mass is 10.0. The second kappa shape index (κ2) is 5.24. The van der Waals surface area contributed by atoms with E-state index < -0.39 is 0 Å². The first kappa shape index (κ1) is 12.4. The van der Waals surface area contributed by atoms with Crippen molar-refractivity contribution in [2.75, 3.05) is 5.75 Å². The predicted molar refractivity (Wildman–Crippen MR) is 84.4 cm³/mol. The number of hydrogen-bond acceptors (Lipinski definition) is 4. The number of thioether (sulfide) groups is 1. The van der Waals surface area contributed by atoms with Crippen molar-refractivity contribution in [3.8, 4) is 0 Å². The SMILES string of the molecule is c1ccc2c(c1)SCC[C@H]2NCc1cn2ccsc2n1. The molecule has 5 heteroatoms. The molecule has 0 fully saturated rings. The van der Waals surface area contributed by atoms with Crippen LogP contribution in [0.2, 0.25) is 0 Å². The molecular weight excluding hydrogens is 286 g/mol. The third-order valence-electron chi connectivity index (χ3n) is 3.63. The molecule has 0 spiro atoms. The van der Waals surface area contributed by atoms with E-state index in [0.29, 0.717) is 6.04 Å². The highest BCUT2D eigenvalue weighted by Gasteiger charge is 2.19. The number of nitrogens with zero attached hydrogens (tertiary/aromatic N) is 2. The zero-order chi connectivity index (χ0) is 13.4. The summed E-state index contributed by atoms with van der Waals surface area (Å²) in [4.78, 5) is 7.12. The number of fused-ring (bicyclic) bond motifs is 2. The number of aromatic nitrogens is 2. The van der Waals surface area contributed by atoms with E-state index in [1.54, 1.807) is 11.3 Å². The van der Waals surface area contributed by atoms with Crippen molar-refractivity contribution in [2.45, 2.75) is 23.9 Å². The predicted octanol–water partition coefficient (Wildman–Crippen LogP) is 3.72. The molecule has 1 aliphatic heterocycles. The Morgan fingerprint density at radius 1 is 1.35 bits per heavy atom. The Hall–Kier alpha value is -1.30. The highest BCUT2D eigenvalue weighted by Crippen LogP contribution is 2.35. The van der Waals surface area contributed by atoms with Gasteiger partial charge in [-0.1, -0.05) is 18.2 Å². The van der Waals surface area contributed by atoms with Gasteiger partial charge in [-0.25, -0.2) is 4.98 Å². The van der Waals surface area contributed by atoms with E-state index in [1.165, 1.54) is 22.6 Å². The molecule has 0 aliphatic carbocycles. The molecule has 0 radical (unpaired) electrons. The largest absolute Gasteiger partial charge is 0.304 e. The zero-order valence-electron chi connectivity index (χ0n) is 11.0. The van der Waals surface area contributed by atoms with Crippen LogP contribution in [0.1, 0.15) is 23.7 Å². The maximum atomic E-state index is 4.63. The van der Waals surface area contributed by atoms with Gasteiger partial charge in [0.15, 0.2) is 4.96 Å². The summed E-state index contributed by atoms with van der Waals surface area (Å²) >= 11 is 3.64. The first-order valence-corrected chi connectivity index (χ1v) is 8.63. The average molecular weight is 301 g/mol. The number of rotatable bonds is 3. The molecule has 3 nitrogen and oxygen atoms in total. The van der Waals surface area contributed by atoms with E-state index in [4.69, 9.17) is 0 Å². The molecule has 0 unspecified atom stereocenters. The summed E-state index contributed by atoms with van der Waals surface area (Å²) in [6.45, 7) is 0.831. The number of thiazole rings is 1. The van der Waals surface area contributed by atoms with Gasteiger partial charge < -0.3 is 5.32 Å². The van der Waals surface area contributed by atoms with Crippen LogP contribution < -0.4 is 5.32 Å². The highest BCUT2D eigenvalue weighted by atomic mass is 32.2. The van der Waals surface area contributed by atoms with Gasteiger partial charge in [0.1, 0.15) is 0 Å². The Morgan fingerprint density at radius 3 is 3.25 bits per heavy atom. The monoisotopic (exact) mass is 301 g/mol. The topological polar surface area (TPSA) is 29.3 Å². The molecule has 0 bridgehead atoms. The number of nitrogens with one attached hydrogen (secondary N) is 1. The molecule has 4 rings (SSSR count). The summed E-state index contributed by atoms with van der Waals surface area (Å²) in [5.41, 5.74) is 2.55. The molecule has 1 N–H and O–H groups in total. The van der Waals surface area contributed by atoms with Gasteiger partial charge in [-0.2, -0.15) is 0 Å². The fourth-order valence-electron chi connectivity index (χ4n) is 2.64. The molecular formula is C15H15N3S2. The number of hydrogen-bond donors (Lipinski definition) is 1. The third-order valence-corrected chi connectivity index (χ3v) is 5.52. The molecule has 0 saturated heterocycles. The van der Waals surface area contributed by atoms with Gasteiger partial charge in [0.25, 0.3) is 0 Å². The number of benzene rings is 1. The average Bonchev–Trinajstić information content (AvgIpc) is 3.06. The Balaban J connectivity index is 1.51. The Labute approximate surface area is 126 Å². The molecule has 0 saturated carbocycles. The van der Waals surface area contributed by atoms with Crippen molar-refractivity contribution >= 4 is 28.1 Å². The van der Waals surface area contributed by atoms with Gasteiger partial charge in [0.05, 0.1) is 5.69 Å². The van der Waals surface area contributed by atoms with E-state index in [-0.39, 0.29) is 0 Å². The standard InChI is InChI=1S/C15H15N3S2/c1-2-4-14-12(3-1)13(5-7-19-14)16-9-11-10-18-6-8-20-15(18)17-11/h1-4,6,8,10,13,16H,5,7,9H2/t13-/m1/s1. The molecule has 1 aromatic carbocycles. The van der Waals surface area contributed by atoms with Gasteiger partial charge in [-0.3, -0.25) is 4.40 Å². The summed E-state index contributed by atoms with van der Waals surface area (Å²) < 4.78 is 2.09. The van der Waals surface area contributed by atoms with Gasteiger partial charge >= 0.3 is 0 Å². The lowest BCUT2D eigenvalue weighted by molar-refractivity contribution is 0.506. The molecule has 3 aromatic rings. The summed E-state index contributed by atoms with van der Waals surface area (Å²) in [7, 11) is 0.